The summed E-state index contributed by atoms with van der Waals surface area (Å²) in [5, 5.41) is 1.03. The zero-order chi connectivity index (χ0) is 18.8. The van der Waals surface area contributed by atoms with Crippen LogP contribution in [0.15, 0.2) is 52.4 Å². The molecule has 26 heavy (non-hydrogen) atoms. The number of nitrogens with one attached hydrogen (secondary N) is 1. The molecule has 7 heteroatoms. The first kappa shape index (κ1) is 18.6. The highest BCUT2D eigenvalue weighted by molar-refractivity contribution is 7.85. The molecule has 1 atom stereocenters. The van der Waals surface area contributed by atoms with E-state index in [4.69, 9.17) is 11.6 Å². The second-order valence-corrected chi connectivity index (χ2v) is 8.38. The molecule has 2 aromatic carbocycles. The minimum absolute atomic E-state index is 0.217. The third kappa shape index (κ3) is 3.66. The molecule has 0 amide bonds. The summed E-state index contributed by atoms with van der Waals surface area (Å²) in [4.78, 5) is 17.8. The number of aromatic nitrogens is 2. The van der Waals surface area contributed by atoms with E-state index in [1.807, 2.05) is 25.1 Å². The van der Waals surface area contributed by atoms with Gasteiger partial charge in [-0.2, -0.15) is 0 Å². The Morgan fingerprint density at radius 1 is 1.23 bits per heavy atom. The lowest BCUT2D eigenvalue weighted by Crippen LogP contribution is -2.27. The molecule has 0 aliphatic heterocycles. The van der Waals surface area contributed by atoms with Crippen LogP contribution in [0.25, 0.3) is 10.9 Å². The SMILES string of the molecule is CCS(=O)c1ccc(Cl)cc1Nn1cnc2ccc(C(C)C)cc2c1=O. The second kappa shape index (κ2) is 7.60. The summed E-state index contributed by atoms with van der Waals surface area (Å²) >= 11 is 6.08. The van der Waals surface area contributed by atoms with Crippen molar-refractivity contribution in [3.05, 3.63) is 63.7 Å². The Morgan fingerprint density at radius 3 is 2.69 bits per heavy atom. The Hall–Kier alpha value is -2.18. The van der Waals surface area contributed by atoms with E-state index in [1.54, 1.807) is 18.2 Å². The molecule has 0 aliphatic rings. The van der Waals surface area contributed by atoms with Crippen LogP contribution in [0.4, 0.5) is 5.69 Å². The summed E-state index contributed by atoms with van der Waals surface area (Å²) in [5.74, 6) is 0.783. The Balaban J connectivity index is 2.10. The molecule has 3 rings (SSSR count). The number of benzene rings is 2. The van der Waals surface area contributed by atoms with Gasteiger partial charge in [-0.3, -0.25) is 14.4 Å². The average molecular weight is 390 g/mol. The molecule has 5 nitrogen and oxygen atoms in total. The van der Waals surface area contributed by atoms with Gasteiger partial charge in [-0.1, -0.05) is 38.4 Å². The molecular formula is C19H20ClN3O2S. The topological polar surface area (TPSA) is 64.0 Å². The third-order valence-electron chi connectivity index (χ3n) is 4.14. The van der Waals surface area contributed by atoms with E-state index >= 15 is 0 Å². The fourth-order valence-corrected chi connectivity index (χ4v) is 3.70. The lowest BCUT2D eigenvalue weighted by atomic mass is 10.0. The van der Waals surface area contributed by atoms with Crippen molar-refractivity contribution in [2.45, 2.75) is 31.6 Å². The minimum Gasteiger partial charge on any atom is -0.289 e. The summed E-state index contributed by atoms with van der Waals surface area (Å²) in [6.45, 7) is 5.99. The van der Waals surface area contributed by atoms with Gasteiger partial charge in [0.2, 0.25) is 0 Å². The maximum atomic E-state index is 12.9. The van der Waals surface area contributed by atoms with Crippen LogP contribution in [0.1, 0.15) is 32.3 Å². The highest BCUT2D eigenvalue weighted by Crippen LogP contribution is 2.24. The van der Waals surface area contributed by atoms with Crippen LogP contribution >= 0.6 is 11.6 Å². The van der Waals surface area contributed by atoms with Gasteiger partial charge in [0.15, 0.2) is 0 Å². The monoisotopic (exact) mass is 389 g/mol. The first-order chi connectivity index (χ1) is 12.4. The zero-order valence-electron chi connectivity index (χ0n) is 14.8. The highest BCUT2D eigenvalue weighted by atomic mass is 35.5. The number of rotatable bonds is 5. The van der Waals surface area contributed by atoms with Gasteiger partial charge >= 0.3 is 0 Å². The van der Waals surface area contributed by atoms with Gasteiger partial charge in [-0.05, 0) is 41.8 Å². The molecule has 1 N–H and O–H groups in total. The molecule has 0 aliphatic carbocycles. The number of anilines is 1. The molecule has 0 radical (unpaired) electrons. The molecular weight excluding hydrogens is 370 g/mol. The lowest BCUT2D eigenvalue weighted by molar-refractivity contribution is 0.684. The smallest absolute Gasteiger partial charge is 0.280 e. The third-order valence-corrected chi connectivity index (χ3v) is 5.74. The van der Waals surface area contributed by atoms with Crippen LogP contribution in [0.2, 0.25) is 5.02 Å². The van der Waals surface area contributed by atoms with Gasteiger partial charge in [0.25, 0.3) is 5.56 Å². The normalized spacial score (nSPS) is 12.5. The quantitative estimate of drug-likeness (QED) is 0.711. The van der Waals surface area contributed by atoms with Crippen molar-refractivity contribution in [2.75, 3.05) is 11.2 Å². The van der Waals surface area contributed by atoms with Crippen LogP contribution in [-0.4, -0.2) is 19.6 Å². The maximum Gasteiger partial charge on any atom is 0.280 e. The van der Waals surface area contributed by atoms with Crippen LogP contribution < -0.4 is 11.0 Å². The predicted molar refractivity (Wildman–Crippen MR) is 108 cm³/mol. The highest BCUT2D eigenvalue weighted by Gasteiger charge is 2.12. The van der Waals surface area contributed by atoms with Crippen molar-refractivity contribution >= 4 is 39.0 Å². The second-order valence-electron chi connectivity index (χ2n) is 6.24. The van der Waals surface area contributed by atoms with Gasteiger partial charge < -0.3 is 0 Å². The van der Waals surface area contributed by atoms with E-state index in [0.717, 1.165) is 5.56 Å². The number of hydrogen-bond acceptors (Lipinski definition) is 4. The maximum absolute atomic E-state index is 12.9. The van der Waals surface area contributed by atoms with E-state index in [1.165, 1.54) is 11.0 Å². The van der Waals surface area contributed by atoms with Crippen molar-refractivity contribution < 1.29 is 4.21 Å². The Bertz CT molecular complexity index is 1050. The van der Waals surface area contributed by atoms with Crippen LogP contribution in [0, 0.1) is 0 Å². The molecule has 1 aromatic heterocycles. The lowest BCUT2D eigenvalue weighted by Gasteiger charge is -2.14. The molecule has 0 saturated heterocycles. The first-order valence-electron chi connectivity index (χ1n) is 8.37. The minimum atomic E-state index is -1.18. The number of nitrogens with zero attached hydrogens (tertiary/aromatic N) is 2. The molecule has 0 bridgehead atoms. The predicted octanol–water partition coefficient (Wildman–Crippen LogP) is 4.18. The Kier molecular flexibility index (Phi) is 5.44. The number of hydrogen-bond donors (Lipinski definition) is 1. The number of halogens is 1. The van der Waals surface area contributed by atoms with Crippen LogP contribution in [0.3, 0.4) is 0 Å². The molecule has 0 spiro atoms. The fraction of sp³-hybridized carbons (Fsp3) is 0.263. The summed E-state index contributed by atoms with van der Waals surface area (Å²) in [7, 11) is -1.18. The van der Waals surface area contributed by atoms with E-state index in [2.05, 4.69) is 24.3 Å². The van der Waals surface area contributed by atoms with Crippen molar-refractivity contribution in [2.24, 2.45) is 0 Å². The molecule has 1 heterocycles. The summed E-state index contributed by atoms with van der Waals surface area (Å²) in [6.07, 6.45) is 1.43. The summed E-state index contributed by atoms with van der Waals surface area (Å²) in [5.41, 5.74) is 5.03. The van der Waals surface area contributed by atoms with Crippen molar-refractivity contribution in [3.63, 3.8) is 0 Å². The Morgan fingerprint density at radius 2 is 2.00 bits per heavy atom. The van der Waals surface area contributed by atoms with E-state index in [-0.39, 0.29) is 5.56 Å². The van der Waals surface area contributed by atoms with Crippen LogP contribution in [0.5, 0.6) is 0 Å². The first-order valence-corrected chi connectivity index (χ1v) is 10.1. The van der Waals surface area contributed by atoms with Gasteiger partial charge in [0.05, 0.1) is 32.3 Å². The van der Waals surface area contributed by atoms with E-state index in [9.17, 15) is 9.00 Å². The van der Waals surface area contributed by atoms with E-state index in [0.29, 0.717) is 38.2 Å². The van der Waals surface area contributed by atoms with Crippen molar-refractivity contribution in [1.29, 1.82) is 0 Å². The molecule has 0 fully saturated rings. The average Bonchev–Trinajstić information content (AvgIpc) is 2.63. The fourth-order valence-electron chi connectivity index (χ4n) is 2.65. The Labute approximate surface area is 159 Å². The van der Waals surface area contributed by atoms with Gasteiger partial charge in [-0.25, -0.2) is 9.66 Å². The van der Waals surface area contributed by atoms with Crippen LogP contribution in [-0.2, 0) is 10.8 Å². The molecule has 3 aromatic rings. The molecule has 136 valence electrons. The van der Waals surface area contributed by atoms with Crippen molar-refractivity contribution in [3.8, 4) is 0 Å². The standard InChI is InChI=1S/C19H20ClN3O2S/c1-4-26(25)18-8-6-14(20)10-17(18)22-23-11-21-16-7-5-13(12(2)3)9-15(16)19(23)24/h5-12,22H,4H2,1-3H3. The van der Waals surface area contributed by atoms with Gasteiger partial charge in [-0.15, -0.1) is 0 Å². The van der Waals surface area contributed by atoms with Gasteiger partial charge in [0.1, 0.15) is 6.33 Å². The largest absolute Gasteiger partial charge is 0.289 e. The van der Waals surface area contributed by atoms with Gasteiger partial charge in [0, 0.05) is 10.8 Å². The van der Waals surface area contributed by atoms with Crippen molar-refractivity contribution in [1.82, 2.24) is 9.66 Å². The summed E-state index contributed by atoms with van der Waals surface area (Å²) < 4.78 is 13.6. The van der Waals surface area contributed by atoms with E-state index < -0.39 is 10.8 Å². The molecule has 1 unspecified atom stereocenters. The summed E-state index contributed by atoms with van der Waals surface area (Å²) in [6, 6.07) is 10.8. The zero-order valence-corrected chi connectivity index (χ0v) is 16.4. The number of fused-ring (bicyclic) bond motifs is 1. The molecule has 0 saturated carbocycles.